The summed E-state index contributed by atoms with van der Waals surface area (Å²) in [6.07, 6.45) is 3.05. The molecule has 15 heavy (non-hydrogen) atoms. The molecule has 2 unspecified atom stereocenters. The largest absolute Gasteiger partial charge is 0.348 e. The molecular weight excluding hydrogens is 256 g/mol. The van der Waals surface area contributed by atoms with Crippen molar-refractivity contribution >= 4 is 21.8 Å². The number of carbonyl (C=O) groups excluding carboxylic acids is 1. The normalized spacial score (nSPS) is 23.9. The predicted octanol–water partition coefficient (Wildman–Crippen LogP) is 2.41. The SMILES string of the molecule is CCn1cc(Br)cc1C(=O)NC1CC1C. The Hall–Kier alpha value is -0.770. The van der Waals surface area contributed by atoms with Crippen molar-refractivity contribution in [3.8, 4) is 0 Å². The number of halogens is 1. The lowest BCUT2D eigenvalue weighted by molar-refractivity contribution is 0.0940. The fourth-order valence-electron chi connectivity index (χ4n) is 1.69. The fourth-order valence-corrected chi connectivity index (χ4v) is 2.16. The van der Waals surface area contributed by atoms with Gasteiger partial charge in [0.2, 0.25) is 0 Å². The maximum absolute atomic E-state index is 11.9. The standard InChI is InChI=1S/C11H15BrN2O/c1-3-14-6-8(12)5-10(14)11(15)13-9-4-7(9)2/h5-7,9H,3-4H2,1-2H3,(H,13,15). The number of aryl methyl sites for hydroxylation is 1. The highest BCUT2D eigenvalue weighted by Gasteiger charge is 2.34. The van der Waals surface area contributed by atoms with Crippen LogP contribution >= 0.6 is 15.9 Å². The molecule has 1 aliphatic rings. The van der Waals surface area contributed by atoms with E-state index in [0.717, 1.165) is 23.1 Å². The zero-order valence-electron chi connectivity index (χ0n) is 8.96. The average molecular weight is 271 g/mol. The van der Waals surface area contributed by atoms with Gasteiger partial charge in [0.25, 0.3) is 5.91 Å². The summed E-state index contributed by atoms with van der Waals surface area (Å²) < 4.78 is 2.91. The molecule has 1 aromatic heterocycles. The number of nitrogens with zero attached hydrogens (tertiary/aromatic N) is 1. The first-order valence-electron chi connectivity index (χ1n) is 5.28. The van der Waals surface area contributed by atoms with Crippen LogP contribution in [0.2, 0.25) is 0 Å². The summed E-state index contributed by atoms with van der Waals surface area (Å²) in [6, 6.07) is 2.25. The Morgan fingerprint density at radius 2 is 2.40 bits per heavy atom. The van der Waals surface area contributed by atoms with E-state index in [1.807, 2.05) is 23.8 Å². The third-order valence-corrected chi connectivity index (χ3v) is 3.30. The minimum absolute atomic E-state index is 0.0388. The van der Waals surface area contributed by atoms with Crippen LogP contribution in [0.5, 0.6) is 0 Å². The van der Waals surface area contributed by atoms with Gasteiger partial charge >= 0.3 is 0 Å². The van der Waals surface area contributed by atoms with Gasteiger partial charge in [-0.15, -0.1) is 0 Å². The number of nitrogens with one attached hydrogen (secondary N) is 1. The summed E-state index contributed by atoms with van der Waals surface area (Å²) in [6.45, 7) is 5.00. The molecule has 2 atom stereocenters. The van der Waals surface area contributed by atoms with Crippen LogP contribution in [0.3, 0.4) is 0 Å². The van der Waals surface area contributed by atoms with Crippen LogP contribution in [-0.2, 0) is 6.54 Å². The second-order valence-electron chi connectivity index (χ2n) is 4.12. The maximum atomic E-state index is 11.9. The van der Waals surface area contributed by atoms with Crippen LogP contribution < -0.4 is 5.32 Å². The molecule has 1 fully saturated rings. The molecule has 1 aliphatic carbocycles. The summed E-state index contributed by atoms with van der Waals surface area (Å²) in [7, 11) is 0. The van der Waals surface area contributed by atoms with Crippen molar-refractivity contribution < 1.29 is 4.79 Å². The van der Waals surface area contributed by atoms with Crippen LogP contribution in [0.25, 0.3) is 0 Å². The highest BCUT2D eigenvalue weighted by molar-refractivity contribution is 9.10. The second-order valence-corrected chi connectivity index (χ2v) is 5.04. The molecule has 1 amide bonds. The van der Waals surface area contributed by atoms with Crippen LogP contribution in [-0.4, -0.2) is 16.5 Å². The molecule has 0 aromatic carbocycles. The van der Waals surface area contributed by atoms with E-state index in [9.17, 15) is 4.79 Å². The molecule has 3 nitrogen and oxygen atoms in total. The number of hydrogen-bond acceptors (Lipinski definition) is 1. The molecule has 1 aromatic rings. The third-order valence-electron chi connectivity index (χ3n) is 2.86. The first-order valence-corrected chi connectivity index (χ1v) is 6.07. The number of amides is 1. The van der Waals surface area contributed by atoms with Crippen molar-refractivity contribution in [3.05, 3.63) is 22.4 Å². The van der Waals surface area contributed by atoms with Crippen molar-refractivity contribution in [3.63, 3.8) is 0 Å². The van der Waals surface area contributed by atoms with Gasteiger partial charge in [0.15, 0.2) is 0 Å². The maximum Gasteiger partial charge on any atom is 0.268 e. The minimum Gasteiger partial charge on any atom is -0.348 e. The van der Waals surface area contributed by atoms with Crippen molar-refractivity contribution in [1.29, 1.82) is 0 Å². The Kier molecular flexibility index (Phi) is 2.87. The van der Waals surface area contributed by atoms with Gasteiger partial charge in [0.1, 0.15) is 5.69 Å². The zero-order valence-corrected chi connectivity index (χ0v) is 10.5. The molecule has 0 bridgehead atoms. The Morgan fingerprint density at radius 1 is 1.73 bits per heavy atom. The molecule has 1 heterocycles. The Labute approximate surface area is 98.0 Å². The molecule has 2 rings (SSSR count). The molecule has 4 heteroatoms. The first-order chi connectivity index (χ1) is 7.11. The summed E-state index contributed by atoms with van der Waals surface area (Å²) >= 11 is 3.38. The number of rotatable bonds is 3. The van der Waals surface area contributed by atoms with Gasteiger partial charge in [0, 0.05) is 23.3 Å². The van der Waals surface area contributed by atoms with E-state index in [-0.39, 0.29) is 5.91 Å². The predicted molar refractivity (Wildman–Crippen MR) is 62.8 cm³/mol. The zero-order chi connectivity index (χ0) is 11.0. The van der Waals surface area contributed by atoms with Gasteiger partial charge in [-0.1, -0.05) is 6.92 Å². The van der Waals surface area contributed by atoms with E-state index in [1.54, 1.807) is 0 Å². The molecule has 1 saturated carbocycles. The molecule has 1 N–H and O–H groups in total. The van der Waals surface area contributed by atoms with E-state index in [0.29, 0.717) is 12.0 Å². The molecule has 0 spiro atoms. The third kappa shape index (κ3) is 2.25. The monoisotopic (exact) mass is 270 g/mol. The summed E-state index contributed by atoms with van der Waals surface area (Å²) in [5.74, 6) is 0.680. The minimum atomic E-state index is 0.0388. The summed E-state index contributed by atoms with van der Waals surface area (Å²) in [5, 5.41) is 3.03. The van der Waals surface area contributed by atoms with Crippen molar-refractivity contribution in [2.24, 2.45) is 5.92 Å². The Balaban J connectivity index is 2.10. The molecule has 0 saturated heterocycles. The van der Waals surface area contributed by atoms with Gasteiger partial charge in [-0.3, -0.25) is 4.79 Å². The van der Waals surface area contributed by atoms with E-state index in [2.05, 4.69) is 28.2 Å². The second kappa shape index (κ2) is 4.00. The van der Waals surface area contributed by atoms with Gasteiger partial charge < -0.3 is 9.88 Å². The van der Waals surface area contributed by atoms with E-state index < -0.39 is 0 Å². The smallest absolute Gasteiger partial charge is 0.268 e. The molecule has 82 valence electrons. The number of aromatic nitrogens is 1. The van der Waals surface area contributed by atoms with E-state index in [4.69, 9.17) is 0 Å². The van der Waals surface area contributed by atoms with Crippen LogP contribution in [0, 0.1) is 5.92 Å². The van der Waals surface area contributed by atoms with Crippen molar-refractivity contribution in [2.45, 2.75) is 32.9 Å². The highest BCUT2D eigenvalue weighted by Crippen LogP contribution is 2.29. The Morgan fingerprint density at radius 3 is 2.93 bits per heavy atom. The van der Waals surface area contributed by atoms with Gasteiger partial charge in [-0.2, -0.15) is 0 Å². The summed E-state index contributed by atoms with van der Waals surface area (Å²) in [4.78, 5) is 11.9. The molecular formula is C11H15BrN2O. The van der Waals surface area contributed by atoms with Crippen molar-refractivity contribution in [1.82, 2.24) is 9.88 Å². The first kappa shape index (κ1) is 10.7. The van der Waals surface area contributed by atoms with Crippen molar-refractivity contribution in [2.75, 3.05) is 0 Å². The quantitative estimate of drug-likeness (QED) is 0.900. The van der Waals surface area contributed by atoms with Crippen LogP contribution in [0.4, 0.5) is 0 Å². The van der Waals surface area contributed by atoms with Gasteiger partial charge in [0.05, 0.1) is 0 Å². The lowest BCUT2D eigenvalue weighted by Crippen LogP contribution is -2.28. The number of hydrogen-bond donors (Lipinski definition) is 1. The van der Waals surface area contributed by atoms with Gasteiger partial charge in [-0.25, -0.2) is 0 Å². The topological polar surface area (TPSA) is 34.0 Å². The van der Waals surface area contributed by atoms with Crippen LogP contribution in [0.1, 0.15) is 30.8 Å². The molecule has 0 radical (unpaired) electrons. The van der Waals surface area contributed by atoms with Crippen LogP contribution in [0.15, 0.2) is 16.7 Å². The molecule has 0 aliphatic heterocycles. The summed E-state index contributed by atoms with van der Waals surface area (Å²) in [5.41, 5.74) is 0.739. The highest BCUT2D eigenvalue weighted by atomic mass is 79.9. The lowest BCUT2D eigenvalue weighted by Gasteiger charge is -2.06. The van der Waals surface area contributed by atoms with Gasteiger partial charge in [-0.05, 0) is 41.3 Å². The number of carbonyl (C=O) groups is 1. The average Bonchev–Trinajstić information content (AvgIpc) is 2.74. The fraction of sp³-hybridized carbons (Fsp3) is 0.545. The lowest BCUT2D eigenvalue weighted by atomic mass is 10.4. The van der Waals surface area contributed by atoms with E-state index in [1.165, 1.54) is 0 Å². The Bertz CT molecular complexity index is 386. The van der Waals surface area contributed by atoms with E-state index >= 15 is 0 Å².